The Balaban J connectivity index is 1.73. The van der Waals surface area contributed by atoms with Crippen molar-refractivity contribution in [3.8, 4) is 5.69 Å². The summed E-state index contributed by atoms with van der Waals surface area (Å²) >= 11 is 5.87. The molecule has 1 atom stereocenters. The fourth-order valence-electron chi connectivity index (χ4n) is 2.55. The molecule has 22 heavy (non-hydrogen) atoms. The third-order valence-corrected chi connectivity index (χ3v) is 4.04. The van der Waals surface area contributed by atoms with E-state index in [1.165, 1.54) is 0 Å². The highest BCUT2D eigenvalue weighted by Gasteiger charge is 2.29. The van der Waals surface area contributed by atoms with Crippen molar-refractivity contribution < 1.29 is 9.53 Å². The predicted octanol–water partition coefficient (Wildman–Crippen LogP) is 2.82. The summed E-state index contributed by atoms with van der Waals surface area (Å²) in [6.45, 7) is 3.32. The van der Waals surface area contributed by atoms with Gasteiger partial charge in [-0.1, -0.05) is 11.6 Å². The van der Waals surface area contributed by atoms with Gasteiger partial charge in [-0.2, -0.15) is 5.10 Å². The van der Waals surface area contributed by atoms with E-state index in [4.69, 9.17) is 16.3 Å². The molecule has 1 unspecified atom stereocenters. The Bertz CT molecular complexity index is 660. The van der Waals surface area contributed by atoms with Crippen LogP contribution >= 0.6 is 11.6 Å². The molecule has 3 rings (SSSR count). The molecule has 2 aromatic rings. The molecule has 1 aliphatic heterocycles. The summed E-state index contributed by atoms with van der Waals surface area (Å²) < 4.78 is 7.12. The van der Waals surface area contributed by atoms with Gasteiger partial charge in [-0.25, -0.2) is 4.68 Å². The minimum absolute atomic E-state index is 0.131. The Morgan fingerprint density at radius 3 is 2.86 bits per heavy atom. The molecular formula is C16H18ClN3O2. The molecule has 1 aromatic heterocycles. The van der Waals surface area contributed by atoms with E-state index in [9.17, 15) is 4.79 Å². The Labute approximate surface area is 134 Å². The molecule has 0 aliphatic carbocycles. The summed E-state index contributed by atoms with van der Waals surface area (Å²) in [7, 11) is 0. The number of nitrogens with zero attached hydrogens (tertiary/aromatic N) is 2. The van der Waals surface area contributed by atoms with E-state index in [0.717, 1.165) is 25.1 Å². The lowest BCUT2D eigenvalue weighted by atomic mass is 9.94. The topological polar surface area (TPSA) is 56.2 Å². The first-order chi connectivity index (χ1) is 10.6. The first kappa shape index (κ1) is 15.1. The van der Waals surface area contributed by atoms with E-state index in [2.05, 4.69) is 10.4 Å². The Morgan fingerprint density at radius 2 is 2.18 bits per heavy atom. The average Bonchev–Trinajstić information content (AvgIpc) is 2.98. The van der Waals surface area contributed by atoms with E-state index in [1.54, 1.807) is 29.2 Å². The van der Waals surface area contributed by atoms with Crippen molar-refractivity contribution in [1.82, 2.24) is 15.1 Å². The Morgan fingerprint density at radius 1 is 1.41 bits per heavy atom. The minimum atomic E-state index is -0.308. The number of aromatic nitrogens is 2. The number of carbonyl (C=O) groups excluding carboxylic acids is 1. The number of carbonyl (C=O) groups is 1. The third-order valence-electron chi connectivity index (χ3n) is 3.79. The molecule has 1 aromatic carbocycles. The summed E-state index contributed by atoms with van der Waals surface area (Å²) in [6.07, 6.45) is 5.16. The molecular weight excluding hydrogens is 302 g/mol. The zero-order valence-electron chi connectivity index (χ0n) is 12.4. The van der Waals surface area contributed by atoms with Crippen LogP contribution in [0.5, 0.6) is 0 Å². The number of rotatable bonds is 3. The van der Waals surface area contributed by atoms with Gasteiger partial charge in [-0.3, -0.25) is 4.79 Å². The van der Waals surface area contributed by atoms with Crippen LogP contribution in [0.25, 0.3) is 5.69 Å². The van der Waals surface area contributed by atoms with Crippen molar-refractivity contribution in [2.45, 2.75) is 25.3 Å². The SMILES string of the molecule is CC1(NC(=O)c2cnn(-c3ccc(Cl)cc3)c2)CCCOC1. The van der Waals surface area contributed by atoms with Gasteiger partial charge >= 0.3 is 0 Å². The van der Waals surface area contributed by atoms with Crippen LogP contribution in [0.4, 0.5) is 0 Å². The molecule has 0 saturated carbocycles. The van der Waals surface area contributed by atoms with Crippen LogP contribution in [-0.2, 0) is 4.74 Å². The van der Waals surface area contributed by atoms with Gasteiger partial charge in [0.15, 0.2) is 0 Å². The van der Waals surface area contributed by atoms with Crippen LogP contribution in [0, 0.1) is 0 Å². The summed E-state index contributed by atoms with van der Waals surface area (Å²) in [5.74, 6) is -0.131. The number of benzene rings is 1. The molecule has 0 spiro atoms. The van der Waals surface area contributed by atoms with Gasteiger partial charge in [0.05, 0.1) is 29.6 Å². The highest BCUT2D eigenvalue weighted by molar-refractivity contribution is 6.30. The monoisotopic (exact) mass is 319 g/mol. The second kappa shape index (κ2) is 6.10. The van der Waals surface area contributed by atoms with Crippen LogP contribution in [0.15, 0.2) is 36.7 Å². The molecule has 116 valence electrons. The smallest absolute Gasteiger partial charge is 0.254 e. The van der Waals surface area contributed by atoms with Crippen LogP contribution < -0.4 is 5.32 Å². The molecule has 1 fully saturated rings. The van der Waals surface area contributed by atoms with Gasteiger partial charge in [0.25, 0.3) is 5.91 Å². The highest BCUT2D eigenvalue weighted by Crippen LogP contribution is 2.19. The van der Waals surface area contributed by atoms with Gasteiger partial charge in [-0.05, 0) is 44.0 Å². The lowest BCUT2D eigenvalue weighted by Gasteiger charge is -2.34. The van der Waals surface area contributed by atoms with Gasteiger partial charge in [0.2, 0.25) is 0 Å². The van der Waals surface area contributed by atoms with Gasteiger partial charge in [0, 0.05) is 17.8 Å². The standard InChI is InChI=1S/C16H18ClN3O2/c1-16(7-2-8-22-11-16)19-15(21)12-9-18-20(10-12)14-5-3-13(17)4-6-14/h3-6,9-10H,2,7-8,11H2,1H3,(H,19,21). The number of nitrogens with one attached hydrogen (secondary N) is 1. The molecule has 1 aliphatic rings. The van der Waals surface area contributed by atoms with Crippen molar-refractivity contribution in [2.75, 3.05) is 13.2 Å². The maximum atomic E-state index is 12.4. The number of hydrogen-bond donors (Lipinski definition) is 1. The van der Waals surface area contributed by atoms with Crippen molar-refractivity contribution in [2.24, 2.45) is 0 Å². The van der Waals surface area contributed by atoms with Crippen molar-refractivity contribution >= 4 is 17.5 Å². The maximum Gasteiger partial charge on any atom is 0.254 e. The van der Waals surface area contributed by atoms with E-state index in [1.807, 2.05) is 19.1 Å². The lowest BCUT2D eigenvalue weighted by molar-refractivity contribution is 0.0272. The summed E-state index contributed by atoms with van der Waals surface area (Å²) in [5.41, 5.74) is 1.08. The first-order valence-corrected chi connectivity index (χ1v) is 7.64. The highest BCUT2D eigenvalue weighted by atomic mass is 35.5. The van der Waals surface area contributed by atoms with E-state index < -0.39 is 0 Å². The zero-order valence-corrected chi connectivity index (χ0v) is 13.1. The van der Waals surface area contributed by atoms with Gasteiger partial charge in [-0.15, -0.1) is 0 Å². The molecule has 2 heterocycles. The Kier molecular flexibility index (Phi) is 4.18. The maximum absolute atomic E-state index is 12.4. The number of halogens is 1. The quantitative estimate of drug-likeness (QED) is 0.946. The lowest BCUT2D eigenvalue weighted by Crippen LogP contribution is -2.51. The number of ether oxygens (including phenoxy) is 1. The summed E-state index contributed by atoms with van der Waals surface area (Å²) in [5, 5.41) is 7.95. The van der Waals surface area contributed by atoms with Crippen molar-refractivity contribution in [1.29, 1.82) is 0 Å². The molecule has 0 bridgehead atoms. The van der Waals surface area contributed by atoms with E-state index in [-0.39, 0.29) is 11.4 Å². The molecule has 1 N–H and O–H groups in total. The fraction of sp³-hybridized carbons (Fsp3) is 0.375. The van der Waals surface area contributed by atoms with Crippen molar-refractivity contribution in [3.05, 3.63) is 47.2 Å². The molecule has 5 nitrogen and oxygen atoms in total. The molecule has 1 saturated heterocycles. The second-order valence-corrected chi connectivity index (χ2v) is 6.26. The summed E-state index contributed by atoms with van der Waals surface area (Å²) in [4.78, 5) is 12.4. The zero-order chi connectivity index (χ0) is 15.6. The average molecular weight is 320 g/mol. The Hall–Kier alpha value is -1.85. The van der Waals surface area contributed by atoms with Crippen LogP contribution in [0.3, 0.4) is 0 Å². The summed E-state index contributed by atoms with van der Waals surface area (Å²) in [6, 6.07) is 7.29. The van der Waals surface area contributed by atoms with Crippen LogP contribution in [-0.4, -0.2) is 34.4 Å². The molecule has 6 heteroatoms. The second-order valence-electron chi connectivity index (χ2n) is 5.82. The molecule has 0 radical (unpaired) electrons. The normalized spacial score (nSPS) is 21.5. The minimum Gasteiger partial charge on any atom is -0.379 e. The van der Waals surface area contributed by atoms with Crippen LogP contribution in [0.1, 0.15) is 30.1 Å². The third kappa shape index (κ3) is 3.31. The predicted molar refractivity (Wildman–Crippen MR) is 84.5 cm³/mol. The number of amides is 1. The van der Waals surface area contributed by atoms with Crippen LogP contribution in [0.2, 0.25) is 5.02 Å². The largest absolute Gasteiger partial charge is 0.379 e. The first-order valence-electron chi connectivity index (χ1n) is 7.27. The fourth-order valence-corrected chi connectivity index (χ4v) is 2.68. The number of hydrogen-bond acceptors (Lipinski definition) is 3. The van der Waals surface area contributed by atoms with Gasteiger partial charge < -0.3 is 10.1 Å². The van der Waals surface area contributed by atoms with E-state index in [0.29, 0.717) is 17.2 Å². The van der Waals surface area contributed by atoms with Gasteiger partial charge in [0.1, 0.15) is 0 Å². The van der Waals surface area contributed by atoms with Crippen molar-refractivity contribution in [3.63, 3.8) is 0 Å². The molecule has 1 amide bonds. The van der Waals surface area contributed by atoms with E-state index >= 15 is 0 Å².